The number of amides is 1. The van der Waals surface area contributed by atoms with Crippen LogP contribution in [0.1, 0.15) is 30.5 Å². The summed E-state index contributed by atoms with van der Waals surface area (Å²) >= 11 is 0. The van der Waals surface area contributed by atoms with Crippen LogP contribution in [0.2, 0.25) is 0 Å². The molecule has 1 amide bonds. The number of hydrogen-bond donors (Lipinski definition) is 1. The van der Waals surface area contributed by atoms with Crippen molar-refractivity contribution in [3.8, 4) is 0 Å². The van der Waals surface area contributed by atoms with E-state index in [0.29, 0.717) is 25.6 Å². The molecular weight excluding hydrogens is 366 g/mol. The number of benzene rings is 1. The second-order valence-electron chi connectivity index (χ2n) is 7.57. The summed E-state index contributed by atoms with van der Waals surface area (Å²) in [6.07, 6.45) is 6.33. The molecule has 3 aromatic heterocycles. The molecule has 0 bridgehead atoms. The number of rotatable bonds is 4. The summed E-state index contributed by atoms with van der Waals surface area (Å²) in [4.78, 5) is 26.7. The smallest absolute Gasteiger partial charge is 0.410 e. The molecule has 1 aliphatic heterocycles. The highest BCUT2D eigenvalue weighted by Crippen LogP contribution is 2.36. The third-order valence-corrected chi connectivity index (χ3v) is 5.88. The molecule has 4 heterocycles. The van der Waals surface area contributed by atoms with E-state index in [1.165, 1.54) is 0 Å². The Labute approximate surface area is 168 Å². The van der Waals surface area contributed by atoms with E-state index in [2.05, 4.69) is 26.3 Å². The molecule has 7 nitrogen and oxygen atoms in total. The van der Waals surface area contributed by atoms with Gasteiger partial charge >= 0.3 is 6.09 Å². The Hall–Kier alpha value is -3.35. The molecule has 1 unspecified atom stereocenters. The van der Waals surface area contributed by atoms with Gasteiger partial charge in [-0.05, 0) is 17.5 Å². The van der Waals surface area contributed by atoms with Crippen LogP contribution in [0.5, 0.6) is 0 Å². The second kappa shape index (κ2) is 7.24. The average Bonchev–Trinajstić information content (AvgIpc) is 3.48. The maximum absolute atomic E-state index is 12.7. The van der Waals surface area contributed by atoms with E-state index in [-0.39, 0.29) is 12.0 Å². The minimum absolute atomic E-state index is 0.208. The first kappa shape index (κ1) is 17.7. The zero-order chi connectivity index (χ0) is 19.8. The molecule has 1 saturated heterocycles. The zero-order valence-electron chi connectivity index (χ0n) is 16.3. The van der Waals surface area contributed by atoms with Gasteiger partial charge in [-0.2, -0.15) is 0 Å². The van der Waals surface area contributed by atoms with Gasteiger partial charge in [0.15, 0.2) is 11.3 Å². The maximum atomic E-state index is 12.7. The molecule has 29 heavy (non-hydrogen) atoms. The Morgan fingerprint density at radius 3 is 2.86 bits per heavy atom. The van der Waals surface area contributed by atoms with Crippen molar-refractivity contribution < 1.29 is 9.53 Å². The van der Waals surface area contributed by atoms with Gasteiger partial charge in [0.1, 0.15) is 6.61 Å². The average molecular weight is 389 g/mol. The van der Waals surface area contributed by atoms with Crippen molar-refractivity contribution in [3.05, 3.63) is 66.2 Å². The zero-order valence-corrected chi connectivity index (χ0v) is 16.3. The Morgan fingerprint density at radius 2 is 2.03 bits per heavy atom. The lowest BCUT2D eigenvalue weighted by Crippen LogP contribution is -2.29. The van der Waals surface area contributed by atoms with E-state index in [9.17, 15) is 4.79 Å². The summed E-state index contributed by atoms with van der Waals surface area (Å²) in [5.74, 6) is 0.570. The molecule has 1 fully saturated rings. The van der Waals surface area contributed by atoms with E-state index in [1.807, 2.05) is 53.7 Å². The van der Waals surface area contributed by atoms with Crippen LogP contribution in [-0.2, 0) is 11.3 Å². The Kier molecular flexibility index (Phi) is 4.42. The largest absolute Gasteiger partial charge is 0.445 e. The molecule has 148 valence electrons. The van der Waals surface area contributed by atoms with Gasteiger partial charge in [0.05, 0.1) is 11.7 Å². The molecule has 0 spiro atoms. The molecule has 7 heteroatoms. The van der Waals surface area contributed by atoms with Crippen molar-refractivity contribution in [1.82, 2.24) is 24.3 Å². The molecule has 0 aliphatic carbocycles. The first-order chi connectivity index (χ1) is 14.2. The Morgan fingerprint density at radius 1 is 1.17 bits per heavy atom. The van der Waals surface area contributed by atoms with Crippen LogP contribution in [-0.4, -0.2) is 43.4 Å². The van der Waals surface area contributed by atoms with Gasteiger partial charge in [0.25, 0.3) is 0 Å². The van der Waals surface area contributed by atoms with Crippen LogP contribution in [0.3, 0.4) is 0 Å². The highest BCUT2D eigenvalue weighted by Gasteiger charge is 2.37. The lowest BCUT2D eigenvalue weighted by molar-refractivity contribution is 0.103. The fourth-order valence-corrected chi connectivity index (χ4v) is 4.33. The topological polar surface area (TPSA) is 75.5 Å². The SMILES string of the molecule is CC[C@@H]1CN(C(=O)OCc2ccccc2)CC1c1cnc2cnc3[nH]ccc3n12. The molecule has 4 aromatic rings. The lowest BCUT2D eigenvalue weighted by atomic mass is 9.91. The number of hydrogen-bond acceptors (Lipinski definition) is 4. The van der Waals surface area contributed by atoms with Crippen LogP contribution in [0.25, 0.3) is 16.8 Å². The number of carbonyl (C=O) groups excluding carboxylic acids is 1. The second-order valence-corrected chi connectivity index (χ2v) is 7.57. The number of aromatic nitrogens is 4. The van der Waals surface area contributed by atoms with Crippen molar-refractivity contribution >= 4 is 22.9 Å². The first-order valence-corrected chi connectivity index (χ1v) is 9.99. The Bertz CT molecular complexity index is 1150. The van der Waals surface area contributed by atoms with Crippen molar-refractivity contribution in [2.75, 3.05) is 13.1 Å². The van der Waals surface area contributed by atoms with E-state index in [0.717, 1.165) is 34.5 Å². The molecule has 0 saturated carbocycles. The summed E-state index contributed by atoms with van der Waals surface area (Å²) in [7, 11) is 0. The number of aromatic amines is 1. The summed E-state index contributed by atoms with van der Waals surface area (Å²) in [6, 6.07) is 11.8. The minimum Gasteiger partial charge on any atom is -0.445 e. The first-order valence-electron chi connectivity index (χ1n) is 9.99. The van der Waals surface area contributed by atoms with Gasteiger partial charge in [0, 0.05) is 37.1 Å². The van der Waals surface area contributed by atoms with E-state index in [1.54, 1.807) is 6.20 Å². The van der Waals surface area contributed by atoms with Crippen LogP contribution in [0.15, 0.2) is 55.0 Å². The van der Waals surface area contributed by atoms with Crippen molar-refractivity contribution in [3.63, 3.8) is 0 Å². The van der Waals surface area contributed by atoms with E-state index < -0.39 is 0 Å². The van der Waals surface area contributed by atoms with Crippen LogP contribution >= 0.6 is 0 Å². The predicted molar refractivity (Wildman–Crippen MR) is 110 cm³/mol. The van der Waals surface area contributed by atoms with Crippen molar-refractivity contribution in [2.24, 2.45) is 5.92 Å². The number of carbonyl (C=O) groups is 1. The van der Waals surface area contributed by atoms with E-state index >= 15 is 0 Å². The number of nitrogens with one attached hydrogen (secondary N) is 1. The molecule has 0 radical (unpaired) electrons. The van der Waals surface area contributed by atoms with Gasteiger partial charge in [-0.25, -0.2) is 14.8 Å². The molecule has 2 atom stereocenters. The number of imidazole rings is 1. The van der Waals surface area contributed by atoms with Crippen LogP contribution < -0.4 is 0 Å². The summed E-state index contributed by atoms with van der Waals surface area (Å²) in [5, 5.41) is 0. The van der Waals surface area contributed by atoms with Crippen LogP contribution in [0, 0.1) is 5.92 Å². The highest BCUT2D eigenvalue weighted by molar-refractivity contribution is 5.75. The number of ether oxygens (including phenoxy) is 1. The van der Waals surface area contributed by atoms with Crippen molar-refractivity contribution in [1.29, 1.82) is 0 Å². The van der Waals surface area contributed by atoms with Gasteiger partial charge < -0.3 is 14.6 Å². The molecule has 5 rings (SSSR count). The molecule has 1 N–H and O–H groups in total. The third kappa shape index (κ3) is 3.12. The normalized spacial score (nSPS) is 19.3. The summed E-state index contributed by atoms with van der Waals surface area (Å²) in [6.45, 7) is 3.80. The van der Waals surface area contributed by atoms with Gasteiger partial charge in [-0.3, -0.25) is 4.40 Å². The maximum Gasteiger partial charge on any atom is 0.410 e. The summed E-state index contributed by atoms with van der Waals surface area (Å²) < 4.78 is 7.72. The molecule has 1 aliphatic rings. The summed E-state index contributed by atoms with van der Waals surface area (Å²) in [5.41, 5.74) is 4.79. The molecular formula is C22H23N5O2. The number of likely N-dealkylation sites (tertiary alicyclic amines) is 1. The van der Waals surface area contributed by atoms with Gasteiger partial charge in [0.2, 0.25) is 0 Å². The van der Waals surface area contributed by atoms with E-state index in [4.69, 9.17) is 4.74 Å². The van der Waals surface area contributed by atoms with Crippen molar-refractivity contribution in [2.45, 2.75) is 25.9 Å². The minimum atomic E-state index is -0.253. The number of fused-ring (bicyclic) bond motifs is 3. The van der Waals surface area contributed by atoms with Gasteiger partial charge in [-0.15, -0.1) is 0 Å². The standard InChI is InChI=1S/C22H23N5O2/c1-2-16-12-26(22(28)29-14-15-6-4-3-5-7-15)13-17(16)19-10-24-20-11-25-21-18(27(19)20)8-9-23-21/h3-11,16-17,23H,2,12-14H2,1H3/t16-,17?/m1/s1. The third-order valence-electron chi connectivity index (χ3n) is 5.88. The fraction of sp³-hybridized carbons (Fsp3) is 0.318. The molecule has 1 aromatic carbocycles. The van der Waals surface area contributed by atoms with Gasteiger partial charge in [-0.1, -0.05) is 43.7 Å². The lowest BCUT2D eigenvalue weighted by Gasteiger charge is -2.16. The van der Waals surface area contributed by atoms with Crippen LogP contribution in [0.4, 0.5) is 4.79 Å². The quantitative estimate of drug-likeness (QED) is 0.573. The fourth-order valence-electron chi connectivity index (χ4n) is 4.33. The monoisotopic (exact) mass is 389 g/mol. The Balaban J connectivity index is 1.39. The number of H-pyrrole nitrogens is 1. The number of nitrogens with zero attached hydrogens (tertiary/aromatic N) is 4. The highest BCUT2D eigenvalue weighted by atomic mass is 16.6. The predicted octanol–water partition coefficient (Wildman–Crippen LogP) is 3.97.